The maximum Gasteiger partial charge on any atom is 0.343 e. The zero-order chi connectivity index (χ0) is 61.6. The van der Waals surface area contributed by atoms with Crippen LogP contribution in [-0.2, 0) is 65.4 Å². The Balaban J connectivity index is 0.000000225. The van der Waals surface area contributed by atoms with Crippen LogP contribution in [0.5, 0.6) is 0 Å². The van der Waals surface area contributed by atoms with Crippen molar-refractivity contribution in [1.82, 2.24) is 5.32 Å². The molecule has 85 heavy (non-hydrogen) atoms. The second-order valence-electron chi connectivity index (χ2n) is 23.8. The number of fused-ring (bicyclic) bond motifs is 3. The van der Waals surface area contributed by atoms with Gasteiger partial charge in [0.2, 0.25) is 19.1 Å². The lowest BCUT2D eigenvalue weighted by Crippen LogP contribution is -2.62. The molecule has 4 aromatic carbocycles. The first-order chi connectivity index (χ1) is 39.3. The number of thioether (sulfide) groups is 2. The van der Waals surface area contributed by atoms with Crippen molar-refractivity contribution in [2.45, 2.75) is 165 Å². The lowest BCUT2D eigenvalue weighted by molar-refractivity contribution is -0.334. The van der Waals surface area contributed by atoms with Crippen molar-refractivity contribution in [2.24, 2.45) is 16.6 Å². The molecule has 10 atom stereocenters. The number of aliphatic hydroxyl groups is 1. The van der Waals surface area contributed by atoms with Crippen LogP contribution >= 0.6 is 35.9 Å². The Bertz CT molecular complexity index is 3030. The van der Waals surface area contributed by atoms with Gasteiger partial charge in [0, 0.05) is 40.5 Å². The Morgan fingerprint density at radius 3 is 1.68 bits per heavy atom. The highest BCUT2D eigenvalue weighted by Gasteiger charge is 2.57. The van der Waals surface area contributed by atoms with Gasteiger partial charge in [0.1, 0.15) is 59.8 Å². The Kier molecular flexibility index (Phi) is 23.0. The molecule has 3 amide bonds. The van der Waals surface area contributed by atoms with E-state index in [1.54, 1.807) is 32.1 Å². The number of hydrogen-bond acceptors (Lipinski definition) is 15. The van der Waals surface area contributed by atoms with Gasteiger partial charge in [-0.1, -0.05) is 90.1 Å². The minimum absolute atomic E-state index is 0. The molecule has 5 aliphatic rings. The molecule has 5 heterocycles. The summed E-state index contributed by atoms with van der Waals surface area (Å²) in [4.78, 5) is 56.4. The largest absolute Gasteiger partial charge is 0.454 e. The topological polar surface area (TPSA) is 198 Å². The third kappa shape index (κ3) is 18.3. The molecule has 2 unspecified atom stereocenters. The van der Waals surface area contributed by atoms with E-state index < -0.39 is 107 Å². The Morgan fingerprint density at radius 2 is 1.19 bits per heavy atom. The number of carbonyl (C=O) groups excluding carboxylic acids is 4. The molecule has 0 aliphatic carbocycles. The number of anilines is 2. The number of aliphatic hydroxyl groups excluding tert-OH is 1. The highest BCUT2D eigenvalue weighted by atomic mass is 35.5. The van der Waals surface area contributed by atoms with E-state index >= 15 is 0 Å². The average molecular weight is 1240 g/mol. The van der Waals surface area contributed by atoms with Gasteiger partial charge in [0.05, 0.1) is 30.5 Å². The van der Waals surface area contributed by atoms with Crippen LogP contribution < -0.4 is 20.9 Å². The van der Waals surface area contributed by atoms with Gasteiger partial charge in [-0.05, 0) is 98.2 Å². The summed E-state index contributed by atoms with van der Waals surface area (Å²) in [5.41, 5.74) is 7.69. The number of nitrogens with two attached hydrogens (primary N) is 1. The minimum Gasteiger partial charge on any atom is -0.454 e. The summed E-state index contributed by atoms with van der Waals surface area (Å²) >= 11 is 2.88. The average Bonchev–Trinajstić information content (AvgIpc) is 2.26. The van der Waals surface area contributed by atoms with E-state index in [0.29, 0.717) is 17.0 Å². The fourth-order valence-corrected chi connectivity index (χ4v) is 11.8. The Labute approximate surface area is 509 Å². The molecule has 5 aliphatic heterocycles. The van der Waals surface area contributed by atoms with Crippen molar-refractivity contribution in [2.75, 3.05) is 28.4 Å². The van der Waals surface area contributed by atoms with Crippen molar-refractivity contribution in [3.63, 3.8) is 0 Å². The molecule has 0 radical (unpaired) electrons. The van der Waals surface area contributed by atoms with E-state index in [0.717, 1.165) is 27.6 Å². The van der Waals surface area contributed by atoms with Crippen LogP contribution in [0.1, 0.15) is 80.4 Å². The summed E-state index contributed by atoms with van der Waals surface area (Å²) < 4.78 is 94.0. The third-order valence-corrected chi connectivity index (χ3v) is 15.8. The first-order valence-electron chi connectivity index (χ1n) is 27.3. The normalized spacial score (nSPS) is 25.8. The summed E-state index contributed by atoms with van der Waals surface area (Å²) in [7, 11) is 4.65. The summed E-state index contributed by atoms with van der Waals surface area (Å²) in [6, 6.07) is 19.3. The molecule has 0 aromatic heterocycles. The molecular formula is C62H76ClF4N4O12S2+. The number of methoxy groups -OCH3 is 1. The molecule has 23 heteroatoms. The van der Waals surface area contributed by atoms with E-state index in [-0.39, 0.29) is 59.7 Å². The number of hydrogen-bond donors (Lipinski definition) is 3. The summed E-state index contributed by atoms with van der Waals surface area (Å²) in [6.45, 7) is 19.3. The van der Waals surface area contributed by atoms with E-state index in [4.69, 9.17) is 38.9 Å². The third-order valence-electron chi connectivity index (χ3n) is 13.5. The van der Waals surface area contributed by atoms with Gasteiger partial charge >= 0.3 is 5.97 Å². The smallest absolute Gasteiger partial charge is 0.343 e. The van der Waals surface area contributed by atoms with Gasteiger partial charge in [-0.3, -0.25) is 14.4 Å². The lowest BCUT2D eigenvalue weighted by Gasteiger charge is -2.45. The number of nitrogens with zero attached hydrogens (tertiary/aromatic N) is 2. The Morgan fingerprint density at radius 1 is 0.729 bits per heavy atom. The van der Waals surface area contributed by atoms with Gasteiger partial charge in [-0.2, -0.15) is 4.74 Å². The highest BCUT2D eigenvalue weighted by Crippen LogP contribution is 2.39. The number of benzene rings is 4. The van der Waals surface area contributed by atoms with Crippen LogP contribution in [0.3, 0.4) is 0 Å². The summed E-state index contributed by atoms with van der Waals surface area (Å²) in [6.07, 6.45) is 1.10. The minimum atomic E-state index is -1.28. The predicted octanol–water partition coefficient (Wildman–Crippen LogP) is 10.2. The van der Waals surface area contributed by atoms with Crippen molar-refractivity contribution >= 4 is 71.0 Å². The molecule has 3 fully saturated rings. The van der Waals surface area contributed by atoms with Crippen molar-refractivity contribution in [3.8, 4) is 0 Å². The quantitative estimate of drug-likeness (QED) is 0.0555. The Hall–Kier alpha value is -5.50. The number of allylic oxidation sites excluding steroid dienone is 2. The van der Waals surface area contributed by atoms with Crippen molar-refractivity contribution in [3.05, 3.63) is 151 Å². The number of esters is 1. The predicted molar refractivity (Wildman–Crippen MR) is 318 cm³/mol. The van der Waals surface area contributed by atoms with E-state index in [1.807, 2.05) is 89.2 Å². The number of ether oxygens (including phenoxy) is 7. The molecule has 9 rings (SSSR count). The van der Waals surface area contributed by atoms with Gasteiger partial charge < -0.3 is 54.4 Å². The molecule has 0 saturated carbocycles. The molecule has 0 bridgehead atoms. The number of rotatable bonds is 11. The second-order valence-corrected chi connectivity index (χ2v) is 26.0. The SMILES string of the molecule is CO[C@@H](C(=O)NC1CSc2ccccc2N(Cc2cc(F)cc(F)c2)C1=O)[C@@H]1OC(C)(C)O[C@H](/C=C/C(C)(C)C)[C@@H]1O.Cl.NC1CSc2ccccc2N(Cc2cc(F)cc(F)c2)C1=O.[CH2+]O[C@H]1C(=O)O[C@@H]2[C@H]1OC(C)(C)O[C@@H]2/C=C/C(C)(C)C. The van der Waals surface area contributed by atoms with Gasteiger partial charge in [0.15, 0.2) is 23.8 Å². The standard InChI is InChI=1S/C31H38F2N2O6S.C16H14F2N2OS.C15H23O5.ClH/c1-30(2,3)12-11-23-25(36)26(41-31(4,5)40-23)27(39-6)28(37)34-21-17-42-24-10-8-7-9-22(24)35(29(21)38)16-18-13-19(32)15-20(33)14-18;17-11-5-10(6-12(18)7-11)8-20-14-3-1-2-4-15(14)22-9-13(19)16(20)21;1-14(2,3)8-7-9-10-11(20-15(4,5)19-9)12(17-6)13(16)18-10;/h7-15,21,23,25-27,36H,16-17H2,1-6H3,(H,34,37);1-7,13H,8-9,19H2;7-12H,6H2,1-5H3;1H/q;;+1;/b12-11+;;8-7+;/t21?,23-,25+,26-,27-;;9-,10+,11-,12-;/m1.1./s1. The maximum absolute atomic E-state index is 14.0. The van der Waals surface area contributed by atoms with Gasteiger partial charge in [0.25, 0.3) is 11.8 Å². The fourth-order valence-electron chi connectivity index (χ4n) is 9.76. The van der Waals surface area contributed by atoms with E-state index in [9.17, 15) is 41.8 Å². The summed E-state index contributed by atoms with van der Waals surface area (Å²) in [5, 5.41) is 14.0. The number of halogens is 5. The first kappa shape index (κ1) is 68.6. The van der Waals surface area contributed by atoms with Crippen LogP contribution in [0.2, 0.25) is 0 Å². The maximum atomic E-state index is 14.0. The van der Waals surface area contributed by atoms with Gasteiger partial charge in [-0.25, -0.2) is 22.4 Å². The van der Waals surface area contributed by atoms with Crippen LogP contribution in [-0.4, -0.2) is 120 Å². The molecular weight excluding hydrogens is 1170 g/mol. The number of amides is 3. The molecule has 3 saturated heterocycles. The fraction of sp³-hybridized carbons (Fsp3) is 0.468. The zero-order valence-electron chi connectivity index (χ0n) is 49.3. The molecule has 16 nitrogen and oxygen atoms in total. The van der Waals surface area contributed by atoms with Crippen LogP contribution in [0.25, 0.3) is 0 Å². The molecule has 0 spiro atoms. The molecule has 4 aromatic rings. The first-order valence-corrected chi connectivity index (χ1v) is 29.3. The lowest BCUT2D eigenvalue weighted by atomic mass is 9.93. The monoisotopic (exact) mass is 1240 g/mol. The van der Waals surface area contributed by atoms with E-state index in [2.05, 4.69) is 33.2 Å². The molecule has 462 valence electrons. The molecule has 4 N–H and O–H groups in total. The summed E-state index contributed by atoms with van der Waals surface area (Å²) in [5.74, 6) is -5.91. The number of nitrogens with one attached hydrogen (secondary N) is 1. The number of carbonyl (C=O) groups is 4. The van der Waals surface area contributed by atoms with Crippen LogP contribution in [0.15, 0.2) is 119 Å². The zero-order valence-corrected chi connectivity index (χ0v) is 51.8. The van der Waals surface area contributed by atoms with Gasteiger partial charge in [-0.15, -0.1) is 35.9 Å². The second kappa shape index (κ2) is 28.6. The van der Waals surface area contributed by atoms with Crippen LogP contribution in [0.4, 0.5) is 28.9 Å². The van der Waals surface area contributed by atoms with Crippen molar-refractivity contribution in [1.29, 1.82) is 0 Å². The number of para-hydroxylation sites is 2. The highest BCUT2D eigenvalue weighted by molar-refractivity contribution is 7.99. The van der Waals surface area contributed by atoms with Crippen LogP contribution in [0, 0.1) is 41.2 Å². The van der Waals surface area contributed by atoms with E-state index in [1.165, 1.54) is 64.7 Å². The van der Waals surface area contributed by atoms with Crippen molar-refractivity contribution < 1.29 is 75.0 Å².